The summed E-state index contributed by atoms with van der Waals surface area (Å²) in [6.45, 7) is 6.41. The van der Waals surface area contributed by atoms with Crippen LogP contribution in [0.4, 0.5) is 0 Å². The number of nitrogens with one attached hydrogen (secondary N) is 1. The molecule has 116 valence electrons. The molecule has 1 saturated heterocycles. The van der Waals surface area contributed by atoms with Crippen LogP contribution in [0.25, 0.3) is 0 Å². The van der Waals surface area contributed by atoms with E-state index in [4.69, 9.17) is 9.72 Å². The zero-order valence-electron chi connectivity index (χ0n) is 13.3. The van der Waals surface area contributed by atoms with Gasteiger partial charge in [-0.2, -0.15) is 0 Å². The summed E-state index contributed by atoms with van der Waals surface area (Å²) in [5.74, 6) is 1.18. The van der Waals surface area contributed by atoms with Crippen molar-refractivity contribution in [3.8, 4) is 0 Å². The lowest BCUT2D eigenvalue weighted by atomic mass is 9.75. The Balaban J connectivity index is 1.88. The van der Waals surface area contributed by atoms with Gasteiger partial charge in [-0.05, 0) is 50.3 Å². The van der Waals surface area contributed by atoms with Crippen LogP contribution < -0.4 is 5.32 Å². The standard InChI is InChI=1S/C18H28N2O/c1-3-16-14(10-12-21-16)18(19-4-2)15-9-5-7-13-8-6-11-20-17(13)15/h6,8,11,14-16,18-19H,3-5,7,9-10,12H2,1-2H3. The number of hydrogen-bond donors (Lipinski definition) is 1. The Bertz CT molecular complexity index is 462. The average Bonchev–Trinajstić information content (AvgIpc) is 3.00. The van der Waals surface area contributed by atoms with Crippen LogP contribution in [0.2, 0.25) is 0 Å². The van der Waals surface area contributed by atoms with Crippen molar-refractivity contribution in [2.24, 2.45) is 5.92 Å². The van der Waals surface area contributed by atoms with E-state index in [2.05, 4.69) is 31.3 Å². The first-order chi connectivity index (χ1) is 10.3. The molecule has 1 aromatic heterocycles. The van der Waals surface area contributed by atoms with Crippen molar-refractivity contribution in [2.75, 3.05) is 13.2 Å². The van der Waals surface area contributed by atoms with Crippen LogP contribution in [0.15, 0.2) is 18.3 Å². The van der Waals surface area contributed by atoms with E-state index in [0.29, 0.717) is 24.0 Å². The van der Waals surface area contributed by atoms with E-state index in [1.165, 1.54) is 36.9 Å². The van der Waals surface area contributed by atoms with Gasteiger partial charge in [0.25, 0.3) is 0 Å². The second kappa shape index (κ2) is 6.89. The number of pyridine rings is 1. The van der Waals surface area contributed by atoms with Crippen molar-refractivity contribution in [1.29, 1.82) is 0 Å². The third kappa shape index (κ3) is 3.00. The molecule has 1 aliphatic heterocycles. The van der Waals surface area contributed by atoms with Gasteiger partial charge in [-0.3, -0.25) is 4.98 Å². The molecule has 3 heteroatoms. The van der Waals surface area contributed by atoms with Gasteiger partial charge in [-0.15, -0.1) is 0 Å². The Hall–Kier alpha value is -0.930. The molecule has 1 aromatic rings. The van der Waals surface area contributed by atoms with Crippen molar-refractivity contribution in [3.05, 3.63) is 29.6 Å². The fraction of sp³-hybridized carbons (Fsp3) is 0.722. The highest BCUT2D eigenvalue weighted by Gasteiger charge is 2.39. The van der Waals surface area contributed by atoms with Crippen molar-refractivity contribution in [3.63, 3.8) is 0 Å². The van der Waals surface area contributed by atoms with Crippen LogP contribution >= 0.6 is 0 Å². The summed E-state index contributed by atoms with van der Waals surface area (Å²) in [5.41, 5.74) is 2.81. The number of rotatable bonds is 5. The molecular weight excluding hydrogens is 260 g/mol. The maximum atomic E-state index is 5.96. The SMILES string of the molecule is CCNC(C1CCCc2cccnc21)C1CCOC1CC. The minimum absolute atomic E-state index is 0.420. The average molecular weight is 288 g/mol. The molecule has 2 heterocycles. The summed E-state index contributed by atoms with van der Waals surface area (Å²) < 4.78 is 5.96. The quantitative estimate of drug-likeness (QED) is 0.902. The molecule has 0 saturated carbocycles. The second-order valence-corrected chi connectivity index (χ2v) is 6.40. The maximum Gasteiger partial charge on any atom is 0.0616 e. The summed E-state index contributed by atoms with van der Waals surface area (Å²) in [6, 6.07) is 4.85. The summed E-state index contributed by atoms with van der Waals surface area (Å²) >= 11 is 0. The monoisotopic (exact) mass is 288 g/mol. The Morgan fingerprint density at radius 1 is 1.38 bits per heavy atom. The normalized spacial score (nSPS) is 30.1. The summed E-state index contributed by atoms with van der Waals surface area (Å²) in [5, 5.41) is 3.78. The third-order valence-electron chi connectivity index (χ3n) is 5.24. The molecule has 4 unspecified atom stereocenters. The lowest BCUT2D eigenvalue weighted by molar-refractivity contribution is 0.0730. The van der Waals surface area contributed by atoms with Crippen LogP contribution in [0, 0.1) is 5.92 Å². The number of aryl methyl sites for hydroxylation is 1. The lowest BCUT2D eigenvalue weighted by Gasteiger charge is -2.37. The van der Waals surface area contributed by atoms with Crippen molar-refractivity contribution < 1.29 is 4.74 Å². The van der Waals surface area contributed by atoms with E-state index in [0.717, 1.165) is 19.6 Å². The van der Waals surface area contributed by atoms with Crippen LogP contribution in [0.3, 0.4) is 0 Å². The molecule has 3 rings (SSSR count). The van der Waals surface area contributed by atoms with E-state index in [1.807, 2.05) is 6.20 Å². The predicted octanol–water partition coefficient (Wildman–Crippen LogP) is 3.29. The number of aromatic nitrogens is 1. The molecule has 21 heavy (non-hydrogen) atoms. The van der Waals surface area contributed by atoms with Crippen LogP contribution in [0.5, 0.6) is 0 Å². The summed E-state index contributed by atoms with van der Waals surface area (Å²) in [6.07, 6.45) is 8.43. The summed E-state index contributed by atoms with van der Waals surface area (Å²) in [4.78, 5) is 4.75. The highest BCUT2D eigenvalue weighted by atomic mass is 16.5. The van der Waals surface area contributed by atoms with Gasteiger partial charge in [0.05, 0.1) is 6.10 Å². The number of hydrogen-bond acceptors (Lipinski definition) is 3. The molecule has 1 aliphatic carbocycles. The lowest BCUT2D eigenvalue weighted by Crippen LogP contribution is -2.45. The molecule has 0 amide bonds. The molecule has 0 aromatic carbocycles. The molecule has 0 bridgehead atoms. The predicted molar refractivity (Wildman–Crippen MR) is 85.5 cm³/mol. The van der Waals surface area contributed by atoms with Gasteiger partial charge in [-0.1, -0.05) is 19.9 Å². The molecular formula is C18H28N2O. The first kappa shape index (κ1) is 15.0. The van der Waals surface area contributed by atoms with Gasteiger partial charge in [0.1, 0.15) is 0 Å². The number of fused-ring (bicyclic) bond motifs is 1. The van der Waals surface area contributed by atoms with E-state index < -0.39 is 0 Å². The van der Waals surface area contributed by atoms with E-state index in [9.17, 15) is 0 Å². The van der Waals surface area contributed by atoms with Crippen molar-refractivity contribution in [2.45, 2.75) is 64.0 Å². The van der Waals surface area contributed by atoms with Crippen LogP contribution in [0.1, 0.15) is 56.7 Å². The third-order valence-corrected chi connectivity index (χ3v) is 5.24. The Kier molecular flexibility index (Phi) is 4.91. The molecule has 1 fully saturated rings. The van der Waals surface area contributed by atoms with E-state index in [1.54, 1.807) is 0 Å². The first-order valence-electron chi connectivity index (χ1n) is 8.63. The smallest absolute Gasteiger partial charge is 0.0616 e. The molecule has 3 nitrogen and oxygen atoms in total. The molecule has 2 aliphatic rings. The molecule has 1 N–H and O–H groups in total. The second-order valence-electron chi connectivity index (χ2n) is 6.40. The fourth-order valence-corrected chi connectivity index (χ4v) is 4.32. The largest absolute Gasteiger partial charge is 0.378 e. The number of nitrogens with zero attached hydrogens (tertiary/aromatic N) is 1. The first-order valence-corrected chi connectivity index (χ1v) is 8.63. The van der Waals surface area contributed by atoms with Gasteiger partial charge in [0.2, 0.25) is 0 Å². The van der Waals surface area contributed by atoms with Gasteiger partial charge in [0.15, 0.2) is 0 Å². The van der Waals surface area contributed by atoms with Crippen molar-refractivity contribution >= 4 is 0 Å². The van der Waals surface area contributed by atoms with Gasteiger partial charge >= 0.3 is 0 Å². The number of ether oxygens (including phenoxy) is 1. The van der Waals surface area contributed by atoms with E-state index >= 15 is 0 Å². The molecule has 4 atom stereocenters. The molecule has 0 radical (unpaired) electrons. The van der Waals surface area contributed by atoms with Gasteiger partial charge < -0.3 is 10.1 Å². The number of likely N-dealkylation sites (N-methyl/N-ethyl adjacent to an activating group) is 1. The van der Waals surface area contributed by atoms with Crippen LogP contribution in [-0.2, 0) is 11.2 Å². The van der Waals surface area contributed by atoms with Crippen molar-refractivity contribution in [1.82, 2.24) is 10.3 Å². The Morgan fingerprint density at radius 3 is 3.10 bits per heavy atom. The topological polar surface area (TPSA) is 34.2 Å². The highest BCUT2D eigenvalue weighted by molar-refractivity contribution is 5.28. The Morgan fingerprint density at radius 2 is 2.29 bits per heavy atom. The van der Waals surface area contributed by atoms with Crippen LogP contribution in [-0.4, -0.2) is 30.3 Å². The Labute approximate surface area is 128 Å². The zero-order valence-corrected chi connectivity index (χ0v) is 13.3. The maximum absolute atomic E-state index is 5.96. The summed E-state index contributed by atoms with van der Waals surface area (Å²) in [7, 11) is 0. The zero-order chi connectivity index (χ0) is 14.7. The van der Waals surface area contributed by atoms with Gasteiger partial charge in [0, 0.05) is 36.4 Å². The fourth-order valence-electron chi connectivity index (χ4n) is 4.32. The minimum atomic E-state index is 0.420. The van der Waals surface area contributed by atoms with E-state index in [-0.39, 0.29) is 0 Å². The molecule has 0 spiro atoms. The van der Waals surface area contributed by atoms with Gasteiger partial charge in [-0.25, -0.2) is 0 Å². The highest BCUT2D eigenvalue weighted by Crippen LogP contribution is 2.39. The minimum Gasteiger partial charge on any atom is -0.378 e.